The predicted octanol–water partition coefficient (Wildman–Crippen LogP) is 0.668. The lowest BCUT2D eigenvalue weighted by Gasteiger charge is -2.05. The van der Waals surface area contributed by atoms with Gasteiger partial charge in [0.1, 0.15) is 0 Å². The molecule has 1 unspecified atom stereocenters. The molecule has 13 heavy (non-hydrogen) atoms. The molecule has 0 aromatic carbocycles. The number of aliphatic hydroxyl groups excluding tert-OH is 2. The molecule has 1 heterocycles. The van der Waals surface area contributed by atoms with Crippen molar-refractivity contribution in [1.82, 2.24) is 4.98 Å². The summed E-state index contributed by atoms with van der Waals surface area (Å²) in [7, 11) is 0. The molecule has 1 rings (SSSR count). The van der Waals surface area contributed by atoms with Crippen molar-refractivity contribution in [3.05, 3.63) is 30.1 Å². The Kier molecular flexibility index (Phi) is 4.82. The Morgan fingerprint density at radius 3 is 2.92 bits per heavy atom. The molecule has 0 radical (unpaired) electrons. The number of nitrogens with zero attached hydrogens (tertiary/aromatic N) is 1. The summed E-state index contributed by atoms with van der Waals surface area (Å²) in [6.45, 7) is -0.171. The van der Waals surface area contributed by atoms with Crippen molar-refractivity contribution < 1.29 is 10.2 Å². The predicted molar refractivity (Wildman–Crippen MR) is 53.5 cm³/mol. The quantitative estimate of drug-likeness (QED) is 0.731. The molecule has 72 valence electrons. The molecule has 3 nitrogen and oxygen atoms in total. The van der Waals surface area contributed by atoms with Crippen molar-refractivity contribution in [3.8, 4) is 0 Å². The number of aliphatic hydroxyl groups is 2. The van der Waals surface area contributed by atoms with Crippen LogP contribution in [0.4, 0.5) is 0 Å². The van der Waals surface area contributed by atoms with E-state index in [0.717, 1.165) is 11.4 Å². The van der Waals surface area contributed by atoms with Gasteiger partial charge < -0.3 is 10.2 Å². The van der Waals surface area contributed by atoms with Crippen LogP contribution in [0.5, 0.6) is 0 Å². The third-order valence-corrected chi connectivity index (χ3v) is 2.62. The fraction of sp³-hybridized carbons (Fsp3) is 0.444. The summed E-state index contributed by atoms with van der Waals surface area (Å²) in [4.78, 5) is 4.14. The Bertz CT molecular complexity index is 230. The lowest BCUT2D eigenvalue weighted by molar-refractivity contribution is 0.113. The van der Waals surface area contributed by atoms with E-state index in [1.807, 2.05) is 18.2 Å². The number of thioether (sulfide) groups is 1. The largest absolute Gasteiger partial charge is 0.394 e. The van der Waals surface area contributed by atoms with Crippen LogP contribution >= 0.6 is 11.8 Å². The van der Waals surface area contributed by atoms with Crippen LogP contribution < -0.4 is 0 Å². The van der Waals surface area contributed by atoms with Crippen LogP contribution in [0.2, 0.25) is 0 Å². The number of hydrogen-bond acceptors (Lipinski definition) is 4. The molecular weight excluding hydrogens is 186 g/mol. The highest BCUT2D eigenvalue weighted by molar-refractivity contribution is 7.98. The standard InChI is InChI=1S/C9H13NO2S/c11-5-9(12)7-13-6-8-3-1-2-4-10-8/h1-4,9,11-12H,5-7H2. The van der Waals surface area contributed by atoms with E-state index < -0.39 is 6.10 Å². The Balaban J connectivity index is 2.20. The van der Waals surface area contributed by atoms with E-state index in [2.05, 4.69) is 4.98 Å². The zero-order valence-electron chi connectivity index (χ0n) is 7.26. The van der Waals surface area contributed by atoms with Crippen LogP contribution in [-0.2, 0) is 5.75 Å². The van der Waals surface area contributed by atoms with Gasteiger partial charge in [0, 0.05) is 17.7 Å². The molecule has 0 saturated heterocycles. The van der Waals surface area contributed by atoms with Gasteiger partial charge in [-0.1, -0.05) is 6.07 Å². The summed E-state index contributed by atoms with van der Waals surface area (Å²) in [5.74, 6) is 1.32. The molecule has 0 aliphatic rings. The van der Waals surface area contributed by atoms with Crippen LogP contribution in [0.3, 0.4) is 0 Å². The summed E-state index contributed by atoms with van der Waals surface area (Å²) < 4.78 is 0. The SMILES string of the molecule is OCC(O)CSCc1ccccn1. The van der Waals surface area contributed by atoms with Crippen molar-refractivity contribution in [2.75, 3.05) is 12.4 Å². The molecule has 2 N–H and O–H groups in total. The average Bonchev–Trinajstić information content (AvgIpc) is 2.19. The Hall–Kier alpha value is -0.580. The van der Waals surface area contributed by atoms with Gasteiger partial charge in [0.2, 0.25) is 0 Å². The van der Waals surface area contributed by atoms with Gasteiger partial charge >= 0.3 is 0 Å². The number of pyridine rings is 1. The first kappa shape index (κ1) is 10.5. The summed E-state index contributed by atoms with van der Waals surface area (Å²) in [6.07, 6.45) is 1.13. The van der Waals surface area contributed by atoms with Crippen molar-refractivity contribution in [3.63, 3.8) is 0 Å². The first-order valence-corrected chi connectivity index (χ1v) is 5.25. The van der Waals surface area contributed by atoms with Gasteiger partial charge in [0.25, 0.3) is 0 Å². The second-order valence-corrected chi connectivity index (χ2v) is 3.70. The Morgan fingerprint density at radius 2 is 2.31 bits per heavy atom. The van der Waals surface area contributed by atoms with E-state index in [1.54, 1.807) is 18.0 Å². The molecular formula is C9H13NO2S. The van der Waals surface area contributed by atoms with Crippen LogP contribution in [0.25, 0.3) is 0 Å². The lowest BCUT2D eigenvalue weighted by atomic mass is 10.4. The van der Waals surface area contributed by atoms with E-state index >= 15 is 0 Å². The maximum Gasteiger partial charge on any atom is 0.0861 e. The van der Waals surface area contributed by atoms with Gasteiger partial charge in [-0.25, -0.2) is 0 Å². The van der Waals surface area contributed by atoms with Crippen LogP contribution in [0.15, 0.2) is 24.4 Å². The maximum absolute atomic E-state index is 9.04. The molecule has 0 fully saturated rings. The minimum absolute atomic E-state index is 0.171. The molecule has 1 atom stereocenters. The monoisotopic (exact) mass is 199 g/mol. The fourth-order valence-electron chi connectivity index (χ4n) is 0.836. The molecule has 0 spiro atoms. The highest BCUT2D eigenvalue weighted by atomic mass is 32.2. The second-order valence-electron chi connectivity index (χ2n) is 2.67. The van der Waals surface area contributed by atoms with E-state index in [9.17, 15) is 0 Å². The molecule has 0 bridgehead atoms. The minimum Gasteiger partial charge on any atom is -0.394 e. The molecule has 0 aliphatic heterocycles. The van der Waals surface area contributed by atoms with Crippen LogP contribution in [-0.4, -0.2) is 33.7 Å². The van der Waals surface area contributed by atoms with Crippen molar-refractivity contribution in [2.24, 2.45) is 0 Å². The van der Waals surface area contributed by atoms with Crippen molar-refractivity contribution >= 4 is 11.8 Å². The number of hydrogen-bond donors (Lipinski definition) is 2. The van der Waals surface area contributed by atoms with Crippen molar-refractivity contribution in [1.29, 1.82) is 0 Å². The van der Waals surface area contributed by atoms with Crippen LogP contribution in [0.1, 0.15) is 5.69 Å². The average molecular weight is 199 g/mol. The van der Waals surface area contributed by atoms with E-state index in [1.165, 1.54) is 0 Å². The second kappa shape index (κ2) is 5.96. The third-order valence-electron chi connectivity index (χ3n) is 1.50. The summed E-state index contributed by atoms with van der Waals surface area (Å²) in [5, 5.41) is 17.6. The van der Waals surface area contributed by atoms with Crippen LogP contribution in [0, 0.1) is 0 Å². The minimum atomic E-state index is -0.617. The molecule has 0 amide bonds. The smallest absolute Gasteiger partial charge is 0.0861 e. The first-order valence-electron chi connectivity index (χ1n) is 4.09. The fourth-order valence-corrected chi connectivity index (χ4v) is 1.71. The van der Waals surface area contributed by atoms with Gasteiger partial charge in [-0.2, -0.15) is 11.8 Å². The summed E-state index contributed by atoms with van der Waals surface area (Å²) >= 11 is 1.57. The van der Waals surface area contributed by atoms with Crippen molar-refractivity contribution in [2.45, 2.75) is 11.9 Å². The van der Waals surface area contributed by atoms with Gasteiger partial charge in [0.15, 0.2) is 0 Å². The normalized spacial score (nSPS) is 12.8. The number of aromatic nitrogens is 1. The van der Waals surface area contributed by atoms with Gasteiger partial charge in [-0.15, -0.1) is 0 Å². The van der Waals surface area contributed by atoms with Gasteiger partial charge in [-0.3, -0.25) is 4.98 Å². The zero-order chi connectivity index (χ0) is 9.52. The lowest BCUT2D eigenvalue weighted by Crippen LogP contribution is -2.14. The molecule has 1 aromatic heterocycles. The Morgan fingerprint density at radius 1 is 1.46 bits per heavy atom. The van der Waals surface area contributed by atoms with Gasteiger partial charge in [-0.05, 0) is 12.1 Å². The highest BCUT2D eigenvalue weighted by Gasteiger charge is 2.01. The van der Waals surface area contributed by atoms with E-state index in [-0.39, 0.29) is 6.61 Å². The van der Waals surface area contributed by atoms with Gasteiger partial charge in [0.05, 0.1) is 18.4 Å². The maximum atomic E-state index is 9.04. The number of rotatable bonds is 5. The first-order chi connectivity index (χ1) is 6.33. The summed E-state index contributed by atoms with van der Waals surface area (Å²) in [6, 6.07) is 5.75. The Labute approximate surface area is 81.8 Å². The zero-order valence-corrected chi connectivity index (χ0v) is 8.07. The highest BCUT2D eigenvalue weighted by Crippen LogP contribution is 2.10. The molecule has 0 saturated carbocycles. The summed E-state index contributed by atoms with van der Waals surface area (Å²) in [5.41, 5.74) is 0.998. The molecule has 4 heteroatoms. The molecule has 1 aromatic rings. The molecule has 0 aliphatic carbocycles. The van der Waals surface area contributed by atoms with E-state index in [0.29, 0.717) is 5.75 Å². The topological polar surface area (TPSA) is 53.4 Å². The third kappa shape index (κ3) is 4.26. The van der Waals surface area contributed by atoms with E-state index in [4.69, 9.17) is 10.2 Å².